The van der Waals surface area contributed by atoms with Crippen molar-refractivity contribution in [3.63, 3.8) is 0 Å². The number of rotatable bonds is 2. The van der Waals surface area contributed by atoms with Crippen molar-refractivity contribution < 1.29 is 9.90 Å². The zero-order valence-corrected chi connectivity index (χ0v) is 8.26. The van der Waals surface area contributed by atoms with Gasteiger partial charge in [0.05, 0.1) is 6.04 Å². The van der Waals surface area contributed by atoms with E-state index in [0.717, 1.165) is 6.42 Å². The van der Waals surface area contributed by atoms with Crippen molar-refractivity contribution in [3.8, 4) is 0 Å². The van der Waals surface area contributed by atoms with E-state index >= 15 is 0 Å². The Bertz CT molecular complexity index is 231. The fourth-order valence-electron chi connectivity index (χ4n) is 1.68. The molecule has 0 aliphatic carbocycles. The van der Waals surface area contributed by atoms with Crippen LogP contribution in [0.25, 0.3) is 0 Å². The van der Waals surface area contributed by atoms with Crippen LogP contribution in [0.4, 0.5) is 4.79 Å². The van der Waals surface area contributed by atoms with E-state index in [1.807, 2.05) is 11.8 Å². The highest BCUT2D eigenvalue weighted by molar-refractivity contribution is 5.66. The molecule has 1 fully saturated rings. The number of piperazine rings is 1. The van der Waals surface area contributed by atoms with Gasteiger partial charge in [-0.3, -0.25) is 0 Å². The van der Waals surface area contributed by atoms with Gasteiger partial charge >= 0.3 is 6.09 Å². The Kier molecular flexibility index (Phi) is 3.55. The molecule has 0 aromatic rings. The van der Waals surface area contributed by atoms with Crippen LogP contribution in [0.5, 0.6) is 0 Å². The highest BCUT2D eigenvalue weighted by atomic mass is 16.4. The van der Waals surface area contributed by atoms with E-state index in [2.05, 4.69) is 5.10 Å². The molecule has 0 bridgehead atoms. The van der Waals surface area contributed by atoms with Crippen LogP contribution in [0.2, 0.25) is 0 Å². The Morgan fingerprint density at radius 1 is 1.71 bits per heavy atom. The zero-order valence-electron chi connectivity index (χ0n) is 8.26. The van der Waals surface area contributed by atoms with Crippen LogP contribution in [0.1, 0.15) is 13.3 Å². The maximum absolute atomic E-state index is 10.8. The highest BCUT2D eigenvalue weighted by Gasteiger charge is 2.27. The molecule has 1 aliphatic heterocycles. The van der Waals surface area contributed by atoms with E-state index in [4.69, 9.17) is 10.9 Å². The quantitative estimate of drug-likeness (QED) is 0.284. The lowest BCUT2D eigenvalue weighted by atomic mass is 10.1. The summed E-state index contributed by atoms with van der Waals surface area (Å²) in [6.07, 6.45) is 1.52. The summed E-state index contributed by atoms with van der Waals surface area (Å²) in [6, 6.07) is 0.0410. The molecule has 1 saturated heterocycles. The number of carboxylic acid groups (broad SMARTS) is 1. The molecule has 0 radical (unpaired) electrons. The van der Waals surface area contributed by atoms with E-state index in [-0.39, 0.29) is 6.04 Å². The van der Waals surface area contributed by atoms with Crippen LogP contribution in [0.3, 0.4) is 0 Å². The van der Waals surface area contributed by atoms with Crippen LogP contribution in [-0.4, -0.2) is 53.0 Å². The predicted molar refractivity (Wildman–Crippen MR) is 53.1 cm³/mol. The van der Waals surface area contributed by atoms with Crippen LogP contribution in [0.15, 0.2) is 5.10 Å². The Morgan fingerprint density at radius 2 is 2.43 bits per heavy atom. The highest BCUT2D eigenvalue weighted by Crippen LogP contribution is 2.11. The van der Waals surface area contributed by atoms with E-state index in [1.54, 1.807) is 6.34 Å². The molecule has 1 unspecified atom stereocenters. The molecule has 0 aromatic carbocycles. The Hall–Kier alpha value is -1.46. The third kappa shape index (κ3) is 2.27. The molecule has 1 heterocycles. The van der Waals surface area contributed by atoms with E-state index < -0.39 is 6.09 Å². The first-order valence-electron chi connectivity index (χ1n) is 4.66. The van der Waals surface area contributed by atoms with Gasteiger partial charge in [-0.05, 0) is 6.42 Å². The molecule has 0 aromatic heterocycles. The van der Waals surface area contributed by atoms with E-state index in [0.29, 0.717) is 19.6 Å². The standard InChI is InChI=1S/C8H16N4O2/c1-2-7-5-11(6-10-9)3-4-12(7)8(13)14/h6-7H,2-5,9H2,1H3,(H,13,14). The SMILES string of the molecule is CCC1CN(C=NN)CCN1C(=O)O. The van der Waals surface area contributed by atoms with Crippen LogP contribution < -0.4 is 5.84 Å². The molecule has 0 saturated carbocycles. The van der Waals surface area contributed by atoms with Crippen molar-refractivity contribution >= 4 is 12.4 Å². The van der Waals surface area contributed by atoms with Crippen molar-refractivity contribution in [3.05, 3.63) is 0 Å². The largest absolute Gasteiger partial charge is 0.465 e. The first-order valence-corrected chi connectivity index (χ1v) is 4.66. The fourth-order valence-corrected chi connectivity index (χ4v) is 1.68. The summed E-state index contributed by atoms with van der Waals surface area (Å²) in [7, 11) is 0. The lowest BCUT2D eigenvalue weighted by Crippen LogP contribution is -2.54. The molecule has 1 atom stereocenters. The van der Waals surface area contributed by atoms with Crippen LogP contribution >= 0.6 is 0 Å². The second-order valence-corrected chi connectivity index (χ2v) is 3.30. The number of hydrazone groups is 1. The Labute approximate surface area is 83.0 Å². The molecule has 80 valence electrons. The predicted octanol–water partition coefficient (Wildman–Crippen LogP) is -0.0374. The maximum atomic E-state index is 10.8. The van der Waals surface area contributed by atoms with Crippen LogP contribution in [0, 0.1) is 0 Å². The first kappa shape index (κ1) is 10.6. The number of hydrogen-bond donors (Lipinski definition) is 2. The van der Waals surface area contributed by atoms with Crippen molar-refractivity contribution in [2.24, 2.45) is 10.9 Å². The molecule has 1 amide bonds. The summed E-state index contributed by atoms with van der Waals surface area (Å²) in [5.74, 6) is 5.04. The number of hydrogen-bond acceptors (Lipinski definition) is 3. The van der Waals surface area contributed by atoms with Gasteiger partial charge in [0.1, 0.15) is 6.34 Å². The van der Waals surface area contributed by atoms with Crippen molar-refractivity contribution in [1.82, 2.24) is 9.80 Å². The molecule has 1 rings (SSSR count). The summed E-state index contributed by atoms with van der Waals surface area (Å²) >= 11 is 0. The zero-order chi connectivity index (χ0) is 10.6. The lowest BCUT2D eigenvalue weighted by molar-refractivity contribution is 0.0899. The fraction of sp³-hybridized carbons (Fsp3) is 0.750. The van der Waals surface area contributed by atoms with Gasteiger partial charge < -0.3 is 20.7 Å². The summed E-state index contributed by atoms with van der Waals surface area (Å²) < 4.78 is 0. The summed E-state index contributed by atoms with van der Waals surface area (Å²) in [5.41, 5.74) is 0. The minimum atomic E-state index is -0.846. The number of nitrogens with zero attached hydrogens (tertiary/aromatic N) is 3. The molecule has 6 nitrogen and oxygen atoms in total. The Morgan fingerprint density at radius 3 is 2.93 bits per heavy atom. The molecule has 3 N–H and O–H groups in total. The van der Waals surface area contributed by atoms with Gasteiger partial charge in [-0.1, -0.05) is 6.92 Å². The summed E-state index contributed by atoms with van der Waals surface area (Å²) in [5, 5.41) is 12.3. The molecule has 14 heavy (non-hydrogen) atoms. The molecule has 0 spiro atoms. The van der Waals surface area contributed by atoms with E-state index in [1.165, 1.54) is 4.90 Å². The first-order chi connectivity index (χ1) is 6.69. The molecular formula is C8H16N4O2. The monoisotopic (exact) mass is 200 g/mol. The van der Waals surface area contributed by atoms with Crippen molar-refractivity contribution in [2.45, 2.75) is 19.4 Å². The molecular weight excluding hydrogens is 184 g/mol. The maximum Gasteiger partial charge on any atom is 0.407 e. The van der Waals surface area contributed by atoms with Gasteiger partial charge in [0.2, 0.25) is 0 Å². The second kappa shape index (κ2) is 4.69. The third-order valence-corrected chi connectivity index (χ3v) is 2.46. The normalized spacial score (nSPS) is 23.1. The van der Waals surface area contributed by atoms with Crippen molar-refractivity contribution in [1.29, 1.82) is 0 Å². The summed E-state index contributed by atoms with van der Waals surface area (Å²) in [6.45, 7) is 3.82. The molecule has 1 aliphatic rings. The average molecular weight is 200 g/mol. The van der Waals surface area contributed by atoms with Gasteiger partial charge in [0.25, 0.3) is 0 Å². The average Bonchev–Trinajstić information content (AvgIpc) is 2.17. The smallest absolute Gasteiger partial charge is 0.407 e. The summed E-state index contributed by atoms with van der Waals surface area (Å²) in [4.78, 5) is 14.2. The van der Waals surface area contributed by atoms with Crippen molar-refractivity contribution in [2.75, 3.05) is 19.6 Å². The van der Waals surface area contributed by atoms with Gasteiger partial charge in [0.15, 0.2) is 0 Å². The van der Waals surface area contributed by atoms with Gasteiger partial charge in [-0.25, -0.2) is 4.79 Å². The van der Waals surface area contributed by atoms with Gasteiger partial charge in [-0.2, -0.15) is 5.10 Å². The third-order valence-electron chi connectivity index (χ3n) is 2.46. The topological polar surface area (TPSA) is 82.2 Å². The lowest BCUT2D eigenvalue weighted by Gasteiger charge is -2.38. The Balaban J connectivity index is 2.58. The minimum absolute atomic E-state index is 0.0410. The van der Waals surface area contributed by atoms with Crippen LogP contribution in [-0.2, 0) is 0 Å². The number of carbonyl (C=O) groups is 1. The number of amides is 1. The van der Waals surface area contributed by atoms with E-state index in [9.17, 15) is 4.79 Å². The minimum Gasteiger partial charge on any atom is -0.465 e. The number of nitrogens with two attached hydrogens (primary N) is 1. The second-order valence-electron chi connectivity index (χ2n) is 3.30. The molecule has 6 heteroatoms. The van der Waals surface area contributed by atoms with Gasteiger partial charge in [-0.15, -0.1) is 0 Å². The van der Waals surface area contributed by atoms with Gasteiger partial charge in [0, 0.05) is 19.6 Å².